The van der Waals surface area contributed by atoms with Gasteiger partial charge >= 0.3 is 0 Å². The second-order valence-corrected chi connectivity index (χ2v) is 3.73. The molecule has 0 aliphatic heterocycles. The Morgan fingerprint density at radius 1 is 1.64 bits per heavy atom. The maximum Gasteiger partial charge on any atom is 0.0605 e. The van der Waals surface area contributed by atoms with E-state index in [-0.39, 0.29) is 6.10 Å². The number of rotatable bonds is 1. The minimum absolute atomic E-state index is 0.122. The first-order valence-corrected chi connectivity index (χ1v) is 4.50. The molecule has 1 heteroatoms. The highest BCUT2D eigenvalue weighted by atomic mass is 16.3. The molecule has 1 saturated carbocycles. The molecule has 1 aliphatic carbocycles. The zero-order valence-electron chi connectivity index (χ0n) is 7.51. The summed E-state index contributed by atoms with van der Waals surface area (Å²) in [6, 6.07) is 0. The highest BCUT2D eigenvalue weighted by Crippen LogP contribution is 2.33. The van der Waals surface area contributed by atoms with E-state index in [4.69, 9.17) is 0 Å². The third-order valence-corrected chi connectivity index (χ3v) is 2.89. The lowest BCUT2D eigenvalue weighted by Gasteiger charge is -2.32. The van der Waals surface area contributed by atoms with E-state index in [0.717, 1.165) is 19.3 Å². The average Bonchev–Trinajstić information content (AvgIpc) is 1.97. The summed E-state index contributed by atoms with van der Waals surface area (Å²) in [7, 11) is 0. The van der Waals surface area contributed by atoms with Crippen LogP contribution in [0.2, 0.25) is 0 Å². The molecule has 0 aromatic carbocycles. The maximum absolute atomic E-state index is 9.60. The Morgan fingerprint density at radius 2 is 2.27 bits per heavy atom. The second-order valence-electron chi connectivity index (χ2n) is 3.73. The number of hydrogen-bond donors (Lipinski definition) is 1. The fraction of sp³-hybridized carbons (Fsp3) is 0.800. The first-order chi connectivity index (χ1) is 5.15. The highest BCUT2D eigenvalue weighted by molar-refractivity contribution is 5.06. The van der Waals surface area contributed by atoms with Gasteiger partial charge in [-0.25, -0.2) is 0 Å². The van der Waals surface area contributed by atoms with E-state index in [1.54, 1.807) is 0 Å². The Labute approximate surface area is 69.1 Å². The van der Waals surface area contributed by atoms with E-state index >= 15 is 0 Å². The smallest absolute Gasteiger partial charge is 0.0605 e. The molecule has 1 N–H and O–H groups in total. The zero-order valence-corrected chi connectivity index (χ0v) is 7.51. The molecule has 64 valence electrons. The maximum atomic E-state index is 9.60. The Kier molecular flexibility index (Phi) is 2.72. The molecular formula is C10H18O. The van der Waals surface area contributed by atoms with Gasteiger partial charge in [0.15, 0.2) is 0 Å². The molecule has 0 aromatic heterocycles. The zero-order chi connectivity index (χ0) is 8.43. The fourth-order valence-electron chi connectivity index (χ4n) is 1.85. The van der Waals surface area contributed by atoms with Crippen molar-refractivity contribution in [1.29, 1.82) is 0 Å². The van der Waals surface area contributed by atoms with Crippen LogP contribution in [0.4, 0.5) is 0 Å². The van der Waals surface area contributed by atoms with E-state index in [2.05, 4.69) is 20.4 Å². The van der Waals surface area contributed by atoms with Crippen LogP contribution in [0.5, 0.6) is 0 Å². The van der Waals surface area contributed by atoms with Gasteiger partial charge in [-0.3, -0.25) is 0 Å². The van der Waals surface area contributed by atoms with Gasteiger partial charge in [0.2, 0.25) is 0 Å². The molecule has 0 radical (unpaired) electrons. The second kappa shape index (κ2) is 3.40. The van der Waals surface area contributed by atoms with E-state index in [0.29, 0.717) is 11.8 Å². The van der Waals surface area contributed by atoms with Crippen molar-refractivity contribution in [2.24, 2.45) is 11.8 Å². The van der Waals surface area contributed by atoms with Crippen molar-refractivity contribution in [3.05, 3.63) is 12.2 Å². The van der Waals surface area contributed by atoms with Crippen molar-refractivity contribution in [2.75, 3.05) is 0 Å². The van der Waals surface area contributed by atoms with Crippen molar-refractivity contribution < 1.29 is 5.11 Å². The molecule has 0 bridgehead atoms. The number of aliphatic hydroxyl groups excluding tert-OH is 1. The van der Waals surface area contributed by atoms with Crippen LogP contribution in [0.25, 0.3) is 0 Å². The molecule has 0 saturated heterocycles. The summed E-state index contributed by atoms with van der Waals surface area (Å²) in [5.74, 6) is 1.12. The van der Waals surface area contributed by atoms with Gasteiger partial charge in [0.1, 0.15) is 0 Å². The molecule has 1 fully saturated rings. The summed E-state index contributed by atoms with van der Waals surface area (Å²) < 4.78 is 0. The third-order valence-electron chi connectivity index (χ3n) is 2.89. The largest absolute Gasteiger partial charge is 0.393 e. The van der Waals surface area contributed by atoms with Crippen LogP contribution in [0.1, 0.15) is 33.1 Å². The fourth-order valence-corrected chi connectivity index (χ4v) is 1.85. The Balaban J connectivity index is 2.54. The van der Waals surface area contributed by atoms with Gasteiger partial charge < -0.3 is 5.11 Å². The Morgan fingerprint density at radius 3 is 2.82 bits per heavy atom. The van der Waals surface area contributed by atoms with Crippen LogP contribution >= 0.6 is 0 Å². The SMILES string of the molecule is C=C1C[C@@H](O)[C@@H](CC)C[C@H]1C. The summed E-state index contributed by atoms with van der Waals surface area (Å²) >= 11 is 0. The van der Waals surface area contributed by atoms with Gasteiger partial charge in [-0.15, -0.1) is 0 Å². The molecule has 0 unspecified atom stereocenters. The van der Waals surface area contributed by atoms with Crippen molar-refractivity contribution in [3.8, 4) is 0 Å². The van der Waals surface area contributed by atoms with Gasteiger partial charge in [0, 0.05) is 0 Å². The van der Waals surface area contributed by atoms with E-state index in [1.807, 2.05) is 0 Å². The van der Waals surface area contributed by atoms with Crippen LogP contribution in [0.3, 0.4) is 0 Å². The van der Waals surface area contributed by atoms with Crippen molar-refractivity contribution in [3.63, 3.8) is 0 Å². The average molecular weight is 154 g/mol. The minimum Gasteiger partial charge on any atom is -0.393 e. The lowest BCUT2D eigenvalue weighted by Crippen LogP contribution is -2.28. The van der Waals surface area contributed by atoms with Crippen molar-refractivity contribution in [2.45, 2.75) is 39.2 Å². The van der Waals surface area contributed by atoms with Gasteiger partial charge in [0.05, 0.1) is 6.10 Å². The first kappa shape index (κ1) is 8.79. The number of hydrogen-bond acceptors (Lipinski definition) is 1. The topological polar surface area (TPSA) is 20.2 Å². The Hall–Kier alpha value is -0.300. The van der Waals surface area contributed by atoms with Crippen molar-refractivity contribution >= 4 is 0 Å². The third kappa shape index (κ3) is 1.84. The predicted octanol–water partition coefficient (Wildman–Crippen LogP) is 2.36. The van der Waals surface area contributed by atoms with Crippen LogP contribution in [0.15, 0.2) is 12.2 Å². The lowest BCUT2D eigenvalue weighted by molar-refractivity contribution is 0.0737. The molecule has 1 nitrogen and oxygen atoms in total. The van der Waals surface area contributed by atoms with Crippen LogP contribution in [0, 0.1) is 11.8 Å². The van der Waals surface area contributed by atoms with Gasteiger partial charge in [-0.05, 0) is 24.7 Å². The van der Waals surface area contributed by atoms with Gasteiger partial charge in [-0.2, -0.15) is 0 Å². The van der Waals surface area contributed by atoms with Gasteiger partial charge in [-0.1, -0.05) is 32.4 Å². The van der Waals surface area contributed by atoms with Crippen molar-refractivity contribution in [1.82, 2.24) is 0 Å². The molecule has 11 heavy (non-hydrogen) atoms. The van der Waals surface area contributed by atoms with E-state index < -0.39 is 0 Å². The molecule has 0 heterocycles. The summed E-state index contributed by atoms with van der Waals surface area (Å²) in [4.78, 5) is 0. The van der Waals surface area contributed by atoms with E-state index in [1.165, 1.54) is 5.57 Å². The summed E-state index contributed by atoms with van der Waals surface area (Å²) in [5, 5.41) is 9.60. The molecule has 1 aliphatic rings. The summed E-state index contributed by atoms with van der Waals surface area (Å²) in [6.07, 6.45) is 2.92. The molecule has 3 atom stereocenters. The Bertz CT molecular complexity index is 151. The van der Waals surface area contributed by atoms with Crippen LogP contribution in [-0.2, 0) is 0 Å². The highest BCUT2D eigenvalue weighted by Gasteiger charge is 2.27. The lowest BCUT2D eigenvalue weighted by atomic mass is 9.76. The van der Waals surface area contributed by atoms with Crippen LogP contribution in [-0.4, -0.2) is 11.2 Å². The molecule has 0 aromatic rings. The predicted molar refractivity (Wildman–Crippen MR) is 47.3 cm³/mol. The van der Waals surface area contributed by atoms with Crippen LogP contribution < -0.4 is 0 Å². The molecule has 1 rings (SSSR count). The minimum atomic E-state index is -0.122. The molecule has 0 amide bonds. The quantitative estimate of drug-likeness (QED) is 0.575. The molecule has 0 spiro atoms. The first-order valence-electron chi connectivity index (χ1n) is 4.50. The standard InChI is InChI=1S/C10H18O/c1-4-9-5-7(2)8(3)6-10(9)11/h7,9-11H,3-6H2,1-2H3/t7-,9+,10-/m1/s1. The van der Waals surface area contributed by atoms with E-state index in [9.17, 15) is 5.11 Å². The molecular weight excluding hydrogens is 136 g/mol. The summed E-state index contributed by atoms with van der Waals surface area (Å²) in [5.41, 5.74) is 1.22. The van der Waals surface area contributed by atoms with Gasteiger partial charge in [0.25, 0.3) is 0 Å². The summed E-state index contributed by atoms with van der Waals surface area (Å²) in [6.45, 7) is 8.31. The normalized spacial score (nSPS) is 39.2. The monoisotopic (exact) mass is 154 g/mol. The number of aliphatic hydroxyl groups is 1.